The normalized spacial score (nSPS) is 18.0. The van der Waals surface area contributed by atoms with E-state index in [0.717, 1.165) is 61.2 Å². The van der Waals surface area contributed by atoms with Crippen LogP contribution in [0.1, 0.15) is 125 Å². The number of amides is 2. The second-order valence-corrected chi connectivity index (χ2v) is 12.6. The quantitative estimate of drug-likeness (QED) is 0.187. The SMILES string of the molecule is CCCC(C)CCCC(C)CCCCC(C)CCCC(C)CCCNC(=O)N1CCSCC1. The zero-order valence-electron chi connectivity index (χ0n) is 23.0. The summed E-state index contributed by atoms with van der Waals surface area (Å²) in [5.74, 6) is 5.67. The first-order valence-corrected chi connectivity index (χ1v) is 15.7. The van der Waals surface area contributed by atoms with Crippen LogP contribution in [0, 0.1) is 23.7 Å². The predicted molar refractivity (Wildman–Crippen MR) is 149 cm³/mol. The van der Waals surface area contributed by atoms with E-state index in [4.69, 9.17) is 0 Å². The first kappa shape index (κ1) is 30.7. The van der Waals surface area contributed by atoms with Crippen LogP contribution >= 0.6 is 11.8 Å². The Hall–Kier alpha value is -0.380. The molecule has 1 fully saturated rings. The monoisotopic (exact) mass is 482 g/mol. The fraction of sp³-hybridized carbons (Fsp3) is 0.966. The molecule has 2 amide bonds. The van der Waals surface area contributed by atoms with Gasteiger partial charge in [-0.3, -0.25) is 0 Å². The van der Waals surface area contributed by atoms with E-state index in [-0.39, 0.29) is 6.03 Å². The van der Waals surface area contributed by atoms with Crippen molar-refractivity contribution in [2.75, 3.05) is 31.1 Å². The fourth-order valence-electron chi connectivity index (χ4n) is 5.21. The molecule has 0 spiro atoms. The molecule has 1 N–H and O–H groups in total. The van der Waals surface area contributed by atoms with Crippen LogP contribution < -0.4 is 5.32 Å². The molecule has 0 bridgehead atoms. The Morgan fingerprint density at radius 1 is 0.697 bits per heavy atom. The first-order valence-electron chi connectivity index (χ1n) is 14.5. The lowest BCUT2D eigenvalue weighted by atomic mass is 9.91. The molecule has 1 saturated heterocycles. The molecule has 0 saturated carbocycles. The van der Waals surface area contributed by atoms with Crippen LogP contribution in [0.4, 0.5) is 4.79 Å². The van der Waals surface area contributed by atoms with Crippen LogP contribution in [0.15, 0.2) is 0 Å². The standard InChI is InChI=1S/C29H58N2OS/c1-6-12-25(2)15-9-16-26(3)13-7-8-14-27(4)17-10-18-28(5)19-11-20-30-29(32)31-21-23-33-24-22-31/h25-28H,6-24H2,1-5H3,(H,30,32). The molecule has 0 aromatic heterocycles. The molecule has 4 atom stereocenters. The number of carbonyl (C=O) groups is 1. The molecule has 1 rings (SSSR count). The van der Waals surface area contributed by atoms with Gasteiger partial charge in [0.1, 0.15) is 0 Å². The van der Waals surface area contributed by atoms with Gasteiger partial charge in [-0.05, 0) is 36.5 Å². The molecule has 1 heterocycles. The van der Waals surface area contributed by atoms with Gasteiger partial charge in [0.2, 0.25) is 0 Å². The molecular formula is C29H58N2OS. The summed E-state index contributed by atoms with van der Waals surface area (Å²) in [6.45, 7) is 14.7. The highest BCUT2D eigenvalue weighted by atomic mass is 32.2. The summed E-state index contributed by atoms with van der Waals surface area (Å²) in [4.78, 5) is 14.1. The van der Waals surface area contributed by atoms with E-state index in [1.54, 1.807) is 0 Å². The lowest BCUT2D eigenvalue weighted by molar-refractivity contribution is 0.202. The third-order valence-corrected chi connectivity index (χ3v) is 8.60. The minimum absolute atomic E-state index is 0.146. The molecule has 0 aromatic rings. The van der Waals surface area contributed by atoms with Crippen molar-refractivity contribution in [1.29, 1.82) is 0 Å². The van der Waals surface area contributed by atoms with Crippen molar-refractivity contribution >= 4 is 17.8 Å². The summed E-state index contributed by atoms with van der Waals surface area (Å²) < 4.78 is 0. The third-order valence-electron chi connectivity index (χ3n) is 7.66. The van der Waals surface area contributed by atoms with Gasteiger partial charge in [0, 0.05) is 31.1 Å². The van der Waals surface area contributed by atoms with Crippen LogP contribution in [-0.4, -0.2) is 42.1 Å². The van der Waals surface area contributed by atoms with Crippen molar-refractivity contribution < 1.29 is 4.79 Å². The van der Waals surface area contributed by atoms with Crippen molar-refractivity contribution in [3.05, 3.63) is 0 Å². The first-order chi connectivity index (χ1) is 15.9. The molecule has 0 aliphatic carbocycles. The summed E-state index contributed by atoms with van der Waals surface area (Å²) >= 11 is 1.95. The van der Waals surface area contributed by atoms with Gasteiger partial charge in [0.25, 0.3) is 0 Å². The average Bonchev–Trinajstić information content (AvgIpc) is 2.80. The second-order valence-electron chi connectivity index (χ2n) is 11.3. The van der Waals surface area contributed by atoms with Crippen LogP contribution in [0.2, 0.25) is 0 Å². The highest BCUT2D eigenvalue weighted by Gasteiger charge is 2.16. The minimum atomic E-state index is 0.146. The maximum atomic E-state index is 12.1. The summed E-state index contributed by atoms with van der Waals surface area (Å²) in [5.41, 5.74) is 0. The number of nitrogens with one attached hydrogen (secondary N) is 1. The fourth-order valence-corrected chi connectivity index (χ4v) is 6.11. The Balaban J connectivity index is 1.92. The summed E-state index contributed by atoms with van der Waals surface area (Å²) in [6.07, 6.45) is 19.2. The Labute approximate surface area is 212 Å². The highest BCUT2D eigenvalue weighted by Crippen LogP contribution is 2.23. The molecule has 1 aliphatic rings. The van der Waals surface area contributed by atoms with Crippen molar-refractivity contribution in [2.45, 2.75) is 125 Å². The van der Waals surface area contributed by atoms with Crippen LogP contribution in [0.25, 0.3) is 0 Å². The molecule has 4 unspecified atom stereocenters. The van der Waals surface area contributed by atoms with E-state index in [1.807, 2.05) is 16.7 Å². The largest absolute Gasteiger partial charge is 0.338 e. The molecule has 0 aromatic carbocycles. The summed E-state index contributed by atoms with van der Waals surface area (Å²) in [5, 5.41) is 3.12. The van der Waals surface area contributed by atoms with Gasteiger partial charge < -0.3 is 10.2 Å². The molecule has 33 heavy (non-hydrogen) atoms. The number of thioether (sulfide) groups is 1. The maximum absolute atomic E-state index is 12.1. The Morgan fingerprint density at radius 3 is 1.61 bits per heavy atom. The molecule has 1 aliphatic heterocycles. The number of hydrogen-bond acceptors (Lipinski definition) is 2. The number of rotatable bonds is 19. The number of carbonyl (C=O) groups excluding carboxylic acids is 1. The summed E-state index contributed by atoms with van der Waals surface area (Å²) in [6, 6.07) is 0.146. The van der Waals surface area contributed by atoms with Gasteiger partial charge in [-0.2, -0.15) is 11.8 Å². The zero-order valence-corrected chi connectivity index (χ0v) is 23.8. The van der Waals surface area contributed by atoms with E-state index < -0.39 is 0 Å². The number of unbranched alkanes of at least 4 members (excludes halogenated alkanes) is 1. The second kappa shape index (κ2) is 19.9. The Kier molecular flexibility index (Phi) is 18.5. The van der Waals surface area contributed by atoms with Gasteiger partial charge in [-0.15, -0.1) is 0 Å². The molecule has 196 valence electrons. The summed E-state index contributed by atoms with van der Waals surface area (Å²) in [7, 11) is 0. The lowest BCUT2D eigenvalue weighted by Crippen LogP contribution is -2.44. The minimum Gasteiger partial charge on any atom is -0.338 e. The van der Waals surface area contributed by atoms with Gasteiger partial charge in [0.15, 0.2) is 0 Å². The van der Waals surface area contributed by atoms with Crippen molar-refractivity contribution in [3.8, 4) is 0 Å². The smallest absolute Gasteiger partial charge is 0.317 e. The van der Waals surface area contributed by atoms with E-state index in [9.17, 15) is 4.79 Å². The van der Waals surface area contributed by atoms with Crippen LogP contribution in [-0.2, 0) is 0 Å². The van der Waals surface area contributed by atoms with E-state index in [1.165, 1.54) is 83.5 Å². The van der Waals surface area contributed by atoms with Crippen molar-refractivity contribution in [3.63, 3.8) is 0 Å². The van der Waals surface area contributed by atoms with Crippen molar-refractivity contribution in [2.24, 2.45) is 23.7 Å². The number of nitrogens with zero attached hydrogens (tertiary/aromatic N) is 1. The number of urea groups is 1. The zero-order chi connectivity index (χ0) is 24.3. The highest BCUT2D eigenvalue weighted by molar-refractivity contribution is 7.99. The molecule has 0 radical (unpaired) electrons. The Bertz CT molecular complexity index is 467. The maximum Gasteiger partial charge on any atom is 0.317 e. The predicted octanol–water partition coefficient (Wildman–Crippen LogP) is 8.77. The third kappa shape index (κ3) is 16.8. The lowest BCUT2D eigenvalue weighted by Gasteiger charge is -2.26. The van der Waals surface area contributed by atoms with E-state index >= 15 is 0 Å². The van der Waals surface area contributed by atoms with Gasteiger partial charge >= 0.3 is 6.03 Å². The topological polar surface area (TPSA) is 32.3 Å². The van der Waals surface area contributed by atoms with E-state index in [2.05, 4.69) is 39.9 Å². The van der Waals surface area contributed by atoms with Gasteiger partial charge in [0.05, 0.1) is 0 Å². The molecular weight excluding hydrogens is 424 g/mol. The number of hydrogen-bond donors (Lipinski definition) is 1. The average molecular weight is 483 g/mol. The van der Waals surface area contributed by atoms with Crippen LogP contribution in [0.5, 0.6) is 0 Å². The van der Waals surface area contributed by atoms with Gasteiger partial charge in [-0.1, -0.05) is 112 Å². The van der Waals surface area contributed by atoms with Crippen molar-refractivity contribution in [1.82, 2.24) is 10.2 Å². The van der Waals surface area contributed by atoms with E-state index in [0.29, 0.717) is 0 Å². The van der Waals surface area contributed by atoms with Gasteiger partial charge in [-0.25, -0.2) is 4.79 Å². The molecule has 3 nitrogen and oxygen atoms in total. The Morgan fingerprint density at radius 2 is 1.12 bits per heavy atom. The van der Waals surface area contributed by atoms with Crippen LogP contribution in [0.3, 0.4) is 0 Å². The molecule has 4 heteroatoms.